The van der Waals surface area contributed by atoms with Crippen LogP contribution in [0.1, 0.15) is 23.5 Å². The topological polar surface area (TPSA) is 95.9 Å². The third kappa shape index (κ3) is 7.65. The highest BCUT2D eigenvalue weighted by Gasteiger charge is 2.38. The van der Waals surface area contributed by atoms with Crippen molar-refractivity contribution in [2.24, 2.45) is 0 Å². The second-order valence-electron chi connectivity index (χ2n) is 6.20. The fourth-order valence-electron chi connectivity index (χ4n) is 2.18. The summed E-state index contributed by atoms with van der Waals surface area (Å²) in [6.07, 6.45) is -5.08. The molecule has 0 atom stereocenters. The monoisotopic (exact) mass is 410 g/mol. The number of alkyl halides is 3. The standard InChI is InChI=1S/C14H20N2O3S.C2HF3O2/c1-14(2,16-5-7-19-8-6-16)10-15-13(18)12(17)11-4-3-9-20-11;3-2(4,5)1(6)7/h3-4,9H,5-8,10H2,1-2H3,(H,15,18);(H,6,7). The van der Waals surface area contributed by atoms with E-state index in [4.69, 9.17) is 14.6 Å². The van der Waals surface area contributed by atoms with Gasteiger partial charge in [-0.1, -0.05) is 6.07 Å². The highest BCUT2D eigenvalue weighted by molar-refractivity contribution is 7.13. The number of hydrogen-bond donors (Lipinski definition) is 2. The van der Waals surface area contributed by atoms with Crippen LogP contribution in [0.25, 0.3) is 0 Å². The molecule has 0 radical (unpaired) electrons. The number of ketones is 1. The number of carboxylic acids is 1. The molecular formula is C16H21F3N2O5S. The molecule has 152 valence electrons. The second-order valence-corrected chi connectivity index (χ2v) is 7.15. The molecule has 1 aromatic heterocycles. The summed E-state index contributed by atoms with van der Waals surface area (Å²) in [5.41, 5.74) is -0.185. The molecule has 1 saturated heterocycles. The lowest BCUT2D eigenvalue weighted by Gasteiger charge is -2.40. The van der Waals surface area contributed by atoms with Crippen LogP contribution < -0.4 is 5.32 Å². The Balaban J connectivity index is 0.000000445. The minimum Gasteiger partial charge on any atom is -0.475 e. The van der Waals surface area contributed by atoms with E-state index >= 15 is 0 Å². The molecule has 1 aliphatic heterocycles. The van der Waals surface area contributed by atoms with E-state index in [1.807, 2.05) is 0 Å². The van der Waals surface area contributed by atoms with E-state index in [-0.39, 0.29) is 5.54 Å². The molecule has 0 aliphatic carbocycles. The van der Waals surface area contributed by atoms with E-state index in [1.165, 1.54) is 11.3 Å². The molecule has 1 amide bonds. The molecule has 2 heterocycles. The zero-order valence-corrected chi connectivity index (χ0v) is 15.7. The lowest BCUT2D eigenvalue weighted by Crippen LogP contribution is -2.55. The number of carbonyl (C=O) groups is 3. The number of ether oxygens (including phenoxy) is 1. The first kappa shape index (κ1) is 23.1. The van der Waals surface area contributed by atoms with Gasteiger partial charge >= 0.3 is 12.1 Å². The number of amides is 1. The predicted octanol–water partition coefficient (Wildman–Crippen LogP) is 1.79. The Labute approximate surface area is 158 Å². The maximum absolute atomic E-state index is 11.9. The van der Waals surface area contributed by atoms with Gasteiger partial charge in [0.2, 0.25) is 0 Å². The van der Waals surface area contributed by atoms with Crippen LogP contribution in [0.5, 0.6) is 0 Å². The van der Waals surface area contributed by atoms with Crippen molar-refractivity contribution in [1.82, 2.24) is 10.2 Å². The Morgan fingerprint density at radius 3 is 2.26 bits per heavy atom. The number of hydrogen-bond acceptors (Lipinski definition) is 6. The van der Waals surface area contributed by atoms with Crippen LogP contribution in [0, 0.1) is 0 Å². The maximum atomic E-state index is 11.9. The number of nitrogens with zero attached hydrogens (tertiary/aromatic N) is 1. The first-order valence-electron chi connectivity index (χ1n) is 7.94. The van der Waals surface area contributed by atoms with Crippen molar-refractivity contribution < 1.29 is 37.4 Å². The molecular weight excluding hydrogens is 389 g/mol. The molecule has 2 N–H and O–H groups in total. The van der Waals surface area contributed by atoms with Gasteiger partial charge in [0.1, 0.15) is 0 Å². The SMILES string of the molecule is CC(C)(CNC(=O)C(=O)c1cccs1)N1CCOCC1.O=C(O)C(F)(F)F. The van der Waals surface area contributed by atoms with Crippen LogP contribution in [-0.2, 0) is 14.3 Å². The quantitative estimate of drug-likeness (QED) is 0.568. The molecule has 1 fully saturated rings. The summed E-state index contributed by atoms with van der Waals surface area (Å²) >= 11 is 1.28. The summed E-state index contributed by atoms with van der Waals surface area (Å²) in [6, 6.07) is 3.43. The summed E-state index contributed by atoms with van der Waals surface area (Å²) in [5, 5.41) is 11.7. The van der Waals surface area contributed by atoms with Crippen molar-refractivity contribution in [1.29, 1.82) is 0 Å². The van der Waals surface area contributed by atoms with Gasteiger partial charge in [-0.25, -0.2) is 4.79 Å². The summed E-state index contributed by atoms with van der Waals surface area (Å²) in [6.45, 7) is 7.70. The van der Waals surface area contributed by atoms with Crippen LogP contribution in [0.3, 0.4) is 0 Å². The summed E-state index contributed by atoms with van der Waals surface area (Å²) in [5.74, 6) is -3.75. The Hall–Kier alpha value is -1.98. The van der Waals surface area contributed by atoms with Gasteiger partial charge in [0.05, 0.1) is 18.1 Å². The molecule has 0 bridgehead atoms. The molecule has 0 aromatic carbocycles. The number of Topliss-reactive ketones (excluding diaryl/α,β-unsaturated/α-hetero) is 1. The molecule has 2 rings (SSSR count). The van der Waals surface area contributed by atoms with E-state index in [0.29, 0.717) is 24.6 Å². The minimum atomic E-state index is -5.08. The molecule has 27 heavy (non-hydrogen) atoms. The van der Waals surface area contributed by atoms with Crippen molar-refractivity contribution in [2.45, 2.75) is 25.6 Å². The Morgan fingerprint density at radius 1 is 1.26 bits per heavy atom. The Bertz CT molecular complexity index is 641. The van der Waals surface area contributed by atoms with Crippen LogP contribution in [-0.4, -0.2) is 72.2 Å². The predicted molar refractivity (Wildman–Crippen MR) is 91.8 cm³/mol. The smallest absolute Gasteiger partial charge is 0.475 e. The van der Waals surface area contributed by atoms with E-state index in [0.717, 1.165) is 13.1 Å². The molecule has 7 nitrogen and oxygen atoms in total. The normalized spacial score (nSPS) is 15.4. The van der Waals surface area contributed by atoms with Crippen LogP contribution in [0.15, 0.2) is 17.5 Å². The van der Waals surface area contributed by atoms with Crippen molar-refractivity contribution >= 4 is 29.0 Å². The van der Waals surface area contributed by atoms with E-state index in [9.17, 15) is 22.8 Å². The Kier molecular flexibility index (Phi) is 8.38. The van der Waals surface area contributed by atoms with Crippen LogP contribution in [0.4, 0.5) is 13.2 Å². The largest absolute Gasteiger partial charge is 0.490 e. The first-order chi connectivity index (χ1) is 12.4. The average Bonchev–Trinajstić information content (AvgIpc) is 3.14. The summed E-state index contributed by atoms with van der Waals surface area (Å²) < 4.78 is 37.1. The molecule has 0 saturated carbocycles. The third-order valence-electron chi connectivity index (χ3n) is 3.74. The van der Waals surface area contributed by atoms with E-state index in [2.05, 4.69) is 24.1 Å². The van der Waals surface area contributed by atoms with Crippen molar-refractivity contribution in [3.05, 3.63) is 22.4 Å². The number of halogens is 3. The lowest BCUT2D eigenvalue weighted by molar-refractivity contribution is -0.192. The molecule has 1 aromatic rings. The van der Waals surface area contributed by atoms with E-state index < -0.39 is 23.8 Å². The van der Waals surface area contributed by atoms with Gasteiger partial charge < -0.3 is 15.2 Å². The van der Waals surface area contributed by atoms with Gasteiger partial charge in [0.25, 0.3) is 11.7 Å². The van der Waals surface area contributed by atoms with Gasteiger partial charge in [-0.15, -0.1) is 11.3 Å². The van der Waals surface area contributed by atoms with Gasteiger partial charge in [-0.2, -0.15) is 13.2 Å². The highest BCUT2D eigenvalue weighted by Crippen LogP contribution is 2.16. The average molecular weight is 410 g/mol. The van der Waals surface area contributed by atoms with Gasteiger partial charge in [0, 0.05) is 25.2 Å². The van der Waals surface area contributed by atoms with Crippen molar-refractivity contribution in [3.8, 4) is 0 Å². The number of thiophene rings is 1. The van der Waals surface area contributed by atoms with Crippen molar-refractivity contribution in [2.75, 3.05) is 32.8 Å². The highest BCUT2D eigenvalue weighted by atomic mass is 32.1. The zero-order chi connectivity index (χ0) is 20.7. The third-order valence-corrected chi connectivity index (χ3v) is 4.61. The number of nitrogens with one attached hydrogen (secondary N) is 1. The van der Waals surface area contributed by atoms with Gasteiger partial charge in [0.15, 0.2) is 0 Å². The molecule has 11 heteroatoms. The van der Waals surface area contributed by atoms with Crippen LogP contribution >= 0.6 is 11.3 Å². The zero-order valence-electron chi connectivity index (χ0n) is 14.8. The first-order valence-corrected chi connectivity index (χ1v) is 8.82. The fraction of sp³-hybridized carbons (Fsp3) is 0.562. The van der Waals surface area contributed by atoms with Gasteiger partial charge in [-0.05, 0) is 25.3 Å². The number of aliphatic carboxylic acids is 1. The lowest BCUT2D eigenvalue weighted by atomic mass is 10.0. The number of morpholine rings is 1. The number of carboxylic acid groups (broad SMARTS) is 1. The van der Waals surface area contributed by atoms with Crippen LogP contribution in [0.2, 0.25) is 0 Å². The molecule has 1 aliphatic rings. The molecule has 0 spiro atoms. The minimum absolute atomic E-state index is 0.185. The summed E-state index contributed by atoms with van der Waals surface area (Å²) in [4.78, 5) is 35.4. The Morgan fingerprint density at radius 2 is 1.81 bits per heavy atom. The summed E-state index contributed by atoms with van der Waals surface area (Å²) in [7, 11) is 0. The number of rotatable bonds is 5. The second kappa shape index (κ2) is 9.81. The fourth-order valence-corrected chi connectivity index (χ4v) is 2.84. The van der Waals surface area contributed by atoms with Crippen molar-refractivity contribution in [3.63, 3.8) is 0 Å². The number of carbonyl (C=O) groups excluding carboxylic acids is 2. The van der Waals surface area contributed by atoms with Gasteiger partial charge in [-0.3, -0.25) is 14.5 Å². The molecule has 0 unspecified atom stereocenters. The maximum Gasteiger partial charge on any atom is 0.490 e. The van der Waals surface area contributed by atoms with E-state index in [1.54, 1.807) is 17.5 Å².